The Balaban J connectivity index is 2.43. The highest BCUT2D eigenvalue weighted by atomic mass is 19.1. The molecule has 1 atom stereocenters. The lowest BCUT2D eigenvalue weighted by atomic mass is 10.0. The van der Waals surface area contributed by atoms with E-state index in [1.54, 1.807) is 12.1 Å². The average Bonchev–Trinajstić information content (AvgIpc) is 2.19. The minimum absolute atomic E-state index is 0.149. The van der Waals surface area contributed by atoms with Crippen LogP contribution in [0.3, 0.4) is 0 Å². The number of aliphatic hydroxyl groups is 2. The van der Waals surface area contributed by atoms with E-state index in [1.807, 2.05) is 0 Å². The molecule has 0 aliphatic rings. The third kappa shape index (κ3) is 3.44. The van der Waals surface area contributed by atoms with Crippen LogP contribution in [-0.4, -0.2) is 16.8 Å². The first-order valence-corrected chi connectivity index (χ1v) is 4.78. The highest BCUT2D eigenvalue weighted by Crippen LogP contribution is 2.18. The largest absolute Gasteiger partial charge is 0.396 e. The molecule has 0 spiro atoms. The Morgan fingerprint density at radius 2 is 1.79 bits per heavy atom. The van der Waals surface area contributed by atoms with Gasteiger partial charge in [-0.2, -0.15) is 0 Å². The van der Waals surface area contributed by atoms with Crippen LogP contribution in [0.4, 0.5) is 4.39 Å². The van der Waals surface area contributed by atoms with Gasteiger partial charge in [-0.15, -0.1) is 0 Å². The second kappa shape index (κ2) is 5.73. The molecule has 0 saturated carbocycles. The lowest BCUT2D eigenvalue weighted by molar-refractivity contribution is 0.159. The van der Waals surface area contributed by atoms with E-state index in [1.165, 1.54) is 12.1 Å². The van der Waals surface area contributed by atoms with Gasteiger partial charge >= 0.3 is 0 Å². The Labute approximate surface area is 83.0 Å². The Kier molecular flexibility index (Phi) is 4.56. The van der Waals surface area contributed by atoms with Crippen molar-refractivity contribution < 1.29 is 14.6 Å². The monoisotopic (exact) mass is 198 g/mol. The summed E-state index contributed by atoms with van der Waals surface area (Å²) in [7, 11) is 0. The van der Waals surface area contributed by atoms with Crippen molar-refractivity contribution >= 4 is 0 Å². The van der Waals surface area contributed by atoms with Gasteiger partial charge in [-0.3, -0.25) is 0 Å². The quantitative estimate of drug-likeness (QED) is 0.710. The molecule has 1 rings (SSSR count). The van der Waals surface area contributed by atoms with Crippen molar-refractivity contribution in [2.24, 2.45) is 0 Å². The third-order valence-corrected chi connectivity index (χ3v) is 2.14. The standard InChI is InChI=1S/C11H15FO2/c12-10-6-4-9(5-7-10)11(14)3-1-2-8-13/h4-7,11,13-14H,1-3,8H2. The molecular formula is C11H15FO2. The summed E-state index contributed by atoms with van der Waals surface area (Å²) in [6.07, 6.45) is 1.52. The highest BCUT2D eigenvalue weighted by molar-refractivity contribution is 5.18. The topological polar surface area (TPSA) is 40.5 Å². The summed E-state index contributed by atoms with van der Waals surface area (Å²) in [5, 5.41) is 18.2. The molecule has 0 fully saturated rings. The smallest absolute Gasteiger partial charge is 0.123 e. The first-order valence-electron chi connectivity index (χ1n) is 4.78. The molecule has 3 heteroatoms. The predicted molar refractivity (Wildman–Crippen MR) is 52.3 cm³/mol. The van der Waals surface area contributed by atoms with Crippen LogP contribution in [0.5, 0.6) is 0 Å². The minimum Gasteiger partial charge on any atom is -0.396 e. The summed E-state index contributed by atoms with van der Waals surface area (Å²) < 4.78 is 12.5. The molecule has 0 heterocycles. The van der Waals surface area contributed by atoms with Gasteiger partial charge in [0.15, 0.2) is 0 Å². The second-order valence-corrected chi connectivity index (χ2v) is 3.29. The van der Waals surface area contributed by atoms with Gasteiger partial charge in [0.2, 0.25) is 0 Å². The molecule has 0 amide bonds. The van der Waals surface area contributed by atoms with E-state index < -0.39 is 6.10 Å². The summed E-state index contributed by atoms with van der Waals surface area (Å²) >= 11 is 0. The van der Waals surface area contributed by atoms with Gasteiger partial charge in [0, 0.05) is 6.61 Å². The van der Waals surface area contributed by atoms with Gasteiger partial charge in [-0.1, -0.05) is 12.1 Å². The van der Waals surface area contributed by atoms with Crippen molar-refractivity contribution in [3.63, 3.8) is 0 Å². The van der Waals surface area contributed by atoms with E-state index in [2.05, 4.69) is 0 Å². The Hall–Kier alpha value is -0.930. The van der Waals surface area contributed by atoms with Gasteiger partial charge in [-0.05, 0) is 37.0 Å². The molecule has 2 nitrogen and oxygen atoms in total. The van der Waals surface area contributed by atoms with Gasteiger partial charge in [0.05, 0.1) is 6.10 Å². The van der Waals surface area contributed by atoms with Gasteiger partial charge in [0.1, 0.15) is 5.82 Å². The minimum atomic E-state index is -0.554. The van der Waals surface area contributed by atoms with E-state index >= 15 is 0 Å². The first kappa shape index (κ1) is 11.1. The van der Waals surface area contributed by atoms with Crippen LogP contribution in [0.25, 0.3) is 0 Å². The van der Waals surface area contributed by atoms with E-state index in [0.717, 1.165) is 12.0 Å². The summed E-state index contributed by atoms with van der Waals surface area (Å²) in [6.45, 7) is 0.149. The first-order chi connectivity index (χ1) is 6.74. The van der Waals surface area contributed by atoms with Crippen LogP contribution in [0.1, 0.15) is 30.9 Å². The van der Waals surface area contributed by atoms with Crippen molar-refractivity contribution in [2.45, 2.75) is 25.4 Å². The number of unbranched alkanes of at least 4 members (excludes halogenated alkanes) is 1. The lowest BCUT2D eigenvalue weighted by Crippen LogP contribution is -1.98. The fourth-order valence-electron chi connectivity index (χ4n) is 1.30. The lowest BCUT2D eigenvalue weighted by Gasteiger charge is -2.09. The van der Waals surface area contributed by atoms with Crippen LogP contribution >= 0.6 is 0 Å². The van der Waals surface area contributed by atoms with Crippen LogP contribution in [0, 0.1) is 5.82 Å². The van der Waals surface area contributed by atoms with E-state index in [9.17, 15) is 9.50 Å². The molecule has 14 heavy (non-hydrogen) atoms. The van der Waals surface area contributed by atoms with Crippen LogP contribution < -0.4 is 0 Å². The Bertz CT molecular complexity index is 258. The van der Waals surface area contributed by atoms with Crippen molar-refractivity contribution in [2.75, 3.05) is 6.61 Å². The maximum atomic E-state index is 12.5. The van der Waals surface area contributed by atoms with Crippen molar-refractivity contribution in [3.05, 3.63) is 35.6 Å². The number of halogens is 1. The predicted octanol–water partition coefficient (Wildman–Crippen LogP) is 2.02. The molecule has 0 aliphatic carbocycles. The molecule has 0 bridgehead atoms. The maximum Gasteiger partial charge on any atom is 0.123 e. The summed E-state index contributed by atoms with van der Waals surface area (Å²) in [5.74, 6) is -0.295. The average molecular weight is 198 g/mol. The van der Waals surface area contributed by atoms with E-state index in [0.29, 0.717) is 12.8 Å². The fraction of sp³-hybridized carbons (Fsp3) is 0.455. The molecule has 1 aromatic rings. The molecule has 1 unspecified atom stereocenters. The van der Waals surface area contributed by atoms with Crippen molar-refractivity contribution in [3.8, 4) is 0 Å². The van der Waals surface area contributed by atoms with Crippen LogP contribution in [0.15, 0.2) is 24.3 Å². The zero-order valence-electron chi connectivity index (χ0n) is 7.99. The van der Waals surface area contributed by atoms with Crippen molar-refractivity contribution in [1.82, 2.24) is 0 Å². The third-order valence-electron chi connectivity index (χ3n) is 2.14. The zero-order chi connectivity index (χ0) is 10.4. The van der Waals surface area contributed by atoms with Crippen LogP contribution in [0.2, 0.25) is 0 Å². The molecule has 1 aromatic carbocycles. The van der Waals surface area contributed by atoms with Gasteiger partial charge in [-0.25, -0.2) is 4.39 Å². The molecule has 0 aromatic heterocycles. The Morgan fingerprint density at radius 3 is 2.36 bits per heavy atom. The van der Waals surface area contributed by atoms with Gasteiger partial charge < -0.3 is 10.2 Å². The van der Waals surface area contributed by atoms with E-state index in [-0.39, 0.29) is 12.4 Å². The Morgan fingerprint density at radius 1 is 1.14 bits per heavy atom. The summed E-state index contributed by atoms with van der Waals surface area (Å²) in [6, 6.07) is 5.84. The molecule has 0 saturated heterocycles. The summed E-state index contributed by atoms with van der Waals surface area (Å²) in [4.78, 5) is 0. The maximum absolute atomic E-state index is 12.5. The fourth-order valence-corrected chi connectivity index (χ4v) is 1.30. The normalized spacial score (nSPS) is 12.8. The number of benzene rings is 1. The number of aliphatic hydroxyl groups excluding tert-OH is 2. The van der Waals surface area contributed by atoms with Crippen molar-refractivity contribution in [1.29, 1.82) is 0 Å². The molecule has 78 valence electrons. The van der Waals surface area contributed by atoms with E-state index in [4.69, 9.17) is 5.11 Å². The van der Waals surface area contributed by atoms with Crippen LogP contribution in [-0.2, 0) is 0 Å². The SMILES string of the molecule is OCCCCC(O)c1ccc(F)cc1. The molecule has 0 aliphatic heterocycles. The molecule has 0 radical (unpaired) electrons. The number of hydrogen-bond donors (Lipinski definition) is 2. The molecular weight excluding hydrogens is 183 g/mol. The zero-order valence-corrected chi connectivity index (χ0v) is 7.99. The highest BCUT2D eigenvalue weighted by Gasteiger charge is 2.06. The number of rotatable bonds is 5. The van der Waals surface area contributed by atoms with Gasteiger partial charge in [0.25, 0.3) is 0 Å². The molecule has 2 N–H and O–H groups in total. The number of hydrogen-bond acceptors (Lipinski definition) is 2. The second-order valence-electron chi connectivity index (χ2n) is 3.29. The summed E-state index contributed by atoms with van der Waals surface area (Å²) in [5.41, 5.74) is 0.726.